The number of hydrogen-bond donors (Lipinski definition) is 0. The number of hydrogen-bond acceptors (Lipinski definition) is 3. The lowest BCUT2D eigenvalue weighted by atomic mass is 9.70. The van der Waals surface area contributed by atoms with E-state index in [0.29, 0.717) is 0 Å². The molecular formula is C107H71N3O. The molecule has 0 unspecified atom stereocenters. The predicted octanol–water partition coefficient (Wildman–Crippen LogP) is 28.0. The lowest BCUT2D eigenvalue weighted by Gasteiger charge is -2.32. The van der Waals surface area contributed by atoms with Crippen LogP contribution in [0.3, 0.4) is 0 Å². The minimum absolute atomic E-state index is 0.134. The molecule has 0 amide bonds. The van der Waals surface area contributed by atoms with Gasteiger partial charge < -0.3 is 18.8 Å². The largest absolute Gasteiger partial charge is 0.456 e. The second-order valence-corrected chi connectivity index (χ2v) is 30.8. The monoisotopic (exact) mass is 1410 g/mol. The van der Waals surface area contributed by atoms with Crippen molar-refractivity contribution in [2.45, 2.75) is 30.1 Å². The van der Waals surface area contributed by atoms with Crippen molar-refractivity contribution in [1.82, 2.24) is 4.57 Å². The molecule has 0 fully saturated rings. The normalized spacial score (nSPS) is 13.9. The van der Waals surface area contributed by atoms with Crippen molar-refractivity contribution >= 4 is 77.9 Å². The first-order valence-electron chi connectivity index (χ1n) is 38.7. The maximum Gasteiger partial charge on any atom is 0.135 e. The Hall–Kier alpha value is -14.1. The number of rotatable bonds is 8. The highest BCUT2D eigenvalue weighted by Crippen LogP contribution is 2.67. The second kappa shape index (κ2) is 24.0. The summed E-state index contributed by atoms with van der Waals surface area (Å²) in [6.07, 6.45) is 0. The summed E-state index contributed by atoms with van der Waals surface area (Å²) in [4.78, 5) is 4.99. The van der Waals surface area contributed by atoms with Gasteiger partial charge in [-0.3, -0.25) is 0 Å². The summed E-state index contributed by atoms with van der Waals surface area (Å²) in [7, 11) is 0. The van der Waals surface area contributed by atoms with Gasteiger partial charge in [-0.25, -0.2) is 0 Å². The van der Waals surface area contributed by atoms with Crippen molar-refractivity contribution in [3.8, 4) is 72.4 Å². The zero-order valence-electron chi connectivity index (χ0n) is 61.3. The molecule has 0 N–H and O–H groups in total. The first-order valence-corrected chi connectivity index (χ1v) is 38.7. The van der Waals surface area contributed by atoms with Crippen LogP contribution in [-0.2, 0) is 16.2 Å². The van der Waals surface area contributed by atoms with Crippen molar-refractivity contribution in [3.63, 3.8) is 0 Å². The summed E-state index contributed by atoms with van der Waals surface area (Å²) in [6, 6.07) is 146. The van der Waals surface area contributed by atoms with Crippen LogP contribution >= 0.6 is 0 Å². The molecule has 111 heavy (non-hydrogen) atoms. The SMILES string of the molecule is CC1(C)c2ccccc2-c2ccc(N(c3ccc4oc5ccccc5c4c3)c3cccc4c3-c3ccccc3C43c4ccccc4-c4ccccc43)cc21.c1ccc(-c2ccc(N(c3ccc4c(c3)c3ccccc3n4-c3ccccc3)c3cccc4c3-c3ccccc3C43c4ccccc4-c4ccccc43)cc2)cc1. The Balaban J connectivity index is 0.000000133. The van der Waals surface area contributed by atoms with E-state index in [2.05, 4.69) is 416 Å². The lowest BCUT2D eigenvalue weighted by molar-refractivity contribution is 0.660. The molecule has 4 nitrogen and oxygen atoms in total. The molecule has 5 aliphatic carbocycles. The first-order chi connectivity index (χ1) is 54.8. The van der Waals surface area contributed by atoms with Crippen molar-refractivity contribution in [2.75, 3.05) is 9.80 Å². The Morgan fingerprint density at radius 1 is 0.234 bits per heavy atom. The van der Waals surface area contributed by atoms with Crippen molar-refractivity contribution in [1.29, 1.82) is 0 Å². The minimum atomic E-state index is -0.426. The zero-order chi connectivity index (χ0) is 73.3. The van der Waals surface area contributed by atoms with Gasteiger partial charge in [0.25, 0.3) is 0 Å². The van der Waals surface area contributed by atoms with E-state index in [0.717, 1.165) is 56.1 Å². The third-order valence-corrected chi connectivity index (χ3v) is 25.1. The fourth-order valence-corrected chi connectivity index (χ4v) is 20.5. The first kappa shape index (κ1) is 63.1. The highest BCUT2D eigenvalue weighted by atomic mass is 16.3. The van der Waals surface area contributed by atoms with E-state index in [4.69, 9.17) is 4.42 Å². The number of para-hydroxylation sites is 3. The van der Waals surface area contributed by atoms with Crippen LogP contribution in [0.5, 0.6) is 0 Å². The molecule has 24 rings (SSSR count). The van der Waals surface area contributed by atoms with Gasteiger partial charge in [0.2, 0.25) is 0 Å². The zero-order valence-corrected chi connectivity index (χ0v) is 61.3. The van der Waals surface area contributed by atoms with Crippen molar-refractivity contribution in [2.24, 2.45) is 0 Å². The molecular weight excluding hydrogens is 1340 g/mol. The summed E-state index contributed by atoms with van der Waals surface area (Å²) in [5.41, 5.74) is 40.0. The van der Waals surface area contributed by atoms with Gasteiger partial charge in [0.05, 0.1) is 33.2 Å². The maximum absolute atomic E-state index is 6.35. The van der Waals surface area contributed by atoms with Gasteiger partial charge in [-0.1, -0.05) is 311 Å². The smallest absolute Gasteiger partial charge is 0.135 e. The van der Waals surface area contributed by atoms with E-state index in [1.54, 1.807) is 0 Å². The standard InChI is InChI=1S/C55H36N2.C52H35NO/c1-3-16-37(17-4-1)38-30-32-40(33-31-38)56(41-34-35-52-46(36-41)44-22-10-14-28-51(44)57(52)39-18-5-2-6-19-39)53-29-15-27-50-54(53)45-23-9-13-26-49(45)55(50)47-24-11-7-20-42(47)43-21-8-12-25-48(43)55;1-51(2)41-19-8-3-14-34(41)37-28-26-33(31-46(37)51)53(32-27-29-49-40(30-32)38-17-7-12-25-48(38)54-49)47-24-13-23-45-50(47)39-18-6-11-22-44(39)52(45)42-20-9-4-15-35(42)36-16-5-10-21-43(36)52/h1-36H;3-31H,1-2H3. The van der Waals surface area contributed by atoms with Crippen LogP contribution in [0.2, 0.25) is 0 Å². The Morgan fingerprint density at radius 2 is 0.604 bits per heavy atom. The quantitative estimate of drug-likeness (QED) is 0.152. The lowest BCUT2D eigenvalue weighted by Crippen LogP contribution is -2.26. The molecule has 520 valence electrons. The van der Waals surface area contributed by atoms with Crippen LogP contribution < -0.4 is 9.80 Å². The van der Waals surface area contributed by atoms with Gasteiger partial charge in [-0.15, -0.1) is 0 Å². The number of aromatic nitrogens is 1. The number of furan rings is 1. The third-order valence-electron chi connectivity index (χ3n) is 25.1. The van der Waals surface area contributed by atoms with Crippen LogP contribution in [0.25, 0.3) is 116 Å². The van der Waals surface area contributed by atoms with Crippen LogP contribution in [-0.4, -0.2) is 4.57 Å². The molecule has 0 atom stereocenters. The van der Waals surface area contributed by atoms with E-state index in [9.17, 15) is 0 Å². The molecule has 2 heterocycles. The third kappa shape index (κ3) is 8.81. The highest BCUT2D eigenvalue weighted by molar-refractivity contribution is 6.12. The minimum Gasteiger partial charge on any atom is -0.456 e. The highest BCUT2D eigenvalue weighted by Gasteiger charge is 2.54. The Labute approximate surface area is 644 Å². The summed E-state index contributed by atoms with van der Waals surface area (Å²) < 4.78 is 8.75. The second-order valence-electron chi connectivity index (χ2n) is 30.8. The Morgan fingerprint density at radius 3 is 1.17 bits per heavy atom. The van der Waals surface area contributed by atoms with E-state index in [-0.39, 0.29) is 5.41 Å². The number of nitrogens with zero attached hydrogens (tertiary/aromatic N) is 3. The molecule has 2 aromatic heterocycles. The summed E-state index contributed by atoms with van der Waals surface area (Å²) >= 11 is 0. The predicted molar refractivity (Wildman–Crippen MR) is 459 cm³/mol. The summed E-state index contributed by atoms with van der Waals surface area (Å²) in [6.45, 7) is 4.73. The van der Waals surface area contributed by atoms with Crippen molar-refractivity contribution in [3.05, 3.63) is 450 Å². The van der Waals surface area contributed by atoms with Crippen LogP contribution in [0.1, 0.15) is 69.5 Å². The average molecular weight is 1410 g/mol. The van der Waals surface area contributed by atoms with E-state index < -0.39 is 10.8 Å². The molecule has 4 heteroatoms. The molecule has 0 aliphatic heterocycles. The average Bonchev–Trinajstić information content (AvgIpc) is 1.51. The number of anilines is 6. The summed E-state index contributed by atoms with van der Waals surface area (Å²) in [5, 5.41) is 4.70. The topological polar surface area (TPSA) is 24.6 Å². The van der Waals surface area contributed by atoms with Gasteiger partial charge in [0, 0.05) is 66.5 Å². The number of fused-ring (bicyclic) bond motifs is 29. The molecule has 0 saturated carbocycles. The maximum atomic E-state index is 6.35. The van der Waals surface area contributed by atoms with Gasteiger partial charge in [-0.05, 0) is 208 Å². The molecule has 17 aromatic carbocycles. The van der Waals surface area contributed by atoms with Crippen molar-refractivity contribution < 1.29 is 4.42 Å². The van der Waals surface area contributed by atoms with Gasteiger partial charge in [0.1, 0.15) is 11.2 Å². The molecule has 5 aliphatic rings. The van der Waals surface area contributed by atoms with Crippen LogP contribution in [0.15, 0.2) is 399 Å². The van der Waals surface area contributed by atoms with Gasteiger partial charge in [0.15, 0.2) is 0 Å². The van der Waals surface area contributed by atoms with E-state index in [1.807, 2.05) is 6.07 Å². The fourth-order valence-electron chi connectivity index (χ4n) is 20.5. The molecule has 0 radical (unpaired) electrons. The number of benzene rings is 17. The van der Waals surface area contributed by atoms with E-state index in [1.165, 1.54) is 150 Å². The molecule has 2 spiro atoms. The fraction of sp³-hybridized carbons (Fsp3) is 0.0467. The molecule has 0 saturated heterocycles. The van der Waals surface area contributed by atoms with Crippen LogP contribution in [0.4, 0.5) is 34.1 Å². The van der Waals surface area contributed by atoms with E-state index >= 15 is 0 Å². The molecule has 0 bridgehead atoms. The van der Waals surface area contributed by atoms with Crippen LogP contribution in [0, 0.1) is 0 Å². The summed E-state index contributed by atoms with van der Waals surface area (Å²) in [5.74, 6) is 0. The van der Waals surface area contributed by atoms with Gasteiger partial charge >= 0.3 is 0 Å². The Kier molecular flexibility index (Phi) is 13.6. The van der Waals surface area contributed by atoms with Gasteiger partial charge in [-0.2, -0.15) is 0 Å². The Bertz CT molecular complexity index is 6980. The molecule has 19 aromatic rings.